The summed E-state index contributed by atoms with van der Waals surface area (Å²) < 4.78 is 31.3. The van der Waals surface area contributed by atoms with Crippen LogP contribution >= 0.6 is 11.6 Å². The number of aromatic nitrogens is 2. The van der Waals surface area contributed by atoms with Gasteiger partial charge in [-0.05, 0) is 36.4 Å². The SMILES string of the molecule is O=C(CCc1nc(-c2ccc(Cl)cc2)no1)Nc1cc(F)cc(F)c1. The number of nitrogens with zero attached hydrogens (tertiary/aromatic N) is 2. The van der Waals surface area contributed by atoms with Gasteiger partial charge in [0.05, 0.1) is 0 Å². The quantitative estimate of drug-likeness (QED) is 0.736. The van der Waals surface area contributed by atoms with Crippen LogP contribution in [0.1, 0.15) is 12.3 Å². The molecule has 0 bridgehead atoms. The third kappa shape index (κ3) is 4.60. The van der Waals surface area contributed by atoms with E-state index >= 15 is 0 Å². The number of hydrogen-bond donors (Lipinski definition) is 1. The van der Waals surface area contributed by atoms with Crippen molar-refractivity contribution in [1.29, 1.82) is 0 Å². The molecule has 3 aromatic rings. The second-order valence-corrected chi connectivity index (χ2v) is 5.66. The minimum Gasteiger partial charge on any atom is -0.339 e. The van der Waals surface area contributed by atoms with E-state index < -0.39 is 17.5 Å². The zero-order valence-electron chi connectivity index (χ0n) is 12.8. The highest BCUT2D eigenvalue weighted by Gasteiger charge is 2.11. The molecule has 0 aliphatic heterocycles. The normalized spacial score (nSPS) is 10.7. The Morgan fingerprint density at radius 3 is 2.48 bits per heavy atom. The van der Waals surface area contributed by atoms with Crippen molar-refractivity contribution in [2.45, 2.75) is 12.8 Å². The van der Waals surface area contributed by atoms with Crippen LogP contribution in [0.5, 0.6) is 0 Å². The monoisotopic (exact) mass is 363 g/mol. The molecule has 1 N–H and O–H groups in total. The summed E-state index contributed by atoms with van der Waals surface area (Å²) in [7, 11) is 0. The molecular formula is C17H12ClF2N3O2. The zero-order valence-corrected chi connectivity index (χ0v) is 13.6. The van der Waals surface area contributed by atoms with Crippen molar-refractivity contribution in [3.8, 4) is 11.4 Å². The van der Waals surface area contributed by atoms with Crippen LogP contribution in [-0.4, -0.2) is 16.0 Å². The third-order valence-electron chi connectivity index (χ3n) is 3.28. The van der Waals surface area contributed by atoms with Crippen LogP contribution < -0.4 is 5.32 Å². The molecule has 0 radical (unpaired) electrons. The smallest absolute Gasteiger partial charge is 0.227 e. The van der Waals surface area contributed by atoms with Crippen LogP contribution in [0.25, 0.3) is 11.4 Å². The predicted octanol–water partition coefficient (Wildman–Crippen LogP) is 4.24. The van der Waals surface area contributed by atoms with Gasteiger partial charge in [-0.1, -0.05) is 16.8 Å². The molecule has 0 spiro atoms. The number of benzene rings is 2. The Hall–Kier alpha value is -2.80. The lowest BCUT2D eigenvalue weighted by atomic mass is 10.2. The Balaban J connectivity index is 1.58. The summed E-state index contributed by atoms with van der Waals surface area (Å²) >= 11 is 5.82. The third-order valence-corrected chi connectivity index (χ3v) is 3.53. The minimum atomic E-state index is -0.764. The summed E-state index contributed by atoms with van der Waals surface area (Å²) in [5.74, 6) is -1.28. The fourth-order valence-corrected chi connectivity index (χ4v) is 2.27. The average molecular weight is 364 g/mol. The van der Waals surface area contributed by atoms with E-state index in [0.717, 1.165) is 23.8 Å². The van der Waals surface area contributed by atoms with Crippen LogP contribution in [-0.2, 0) is 11.2 Å². The number of hydrogen-bond acceptors (Lipinski definition) is 4. The Morgan fingerprint density at radius 1 is 1.12 bits per heavy atom. The predicted molar refractivity (Wildman–Crippen MR) is 88.1 cm³/mol. The fraction of sp³-hybridized carbons (Fsp3) is 0.118. The Kier molecular flexibility index (Phi) is 5.04. The number of anilines is 1. The molecule has 1 amide bonds. The Labute approximate surface area is 146 Å². The van der Waals surface area contributed by atoms with Gasteiger partial charge in [0.25, 0.3) is 0 Å². The van der Waals surface area contributed by atoms with Crippen molar-refractivity contribution < 1.29 is 18.1 Å². The maximum Gasteiger partial charge on any atom is 0.227 e. The standard InChI is InChI=1S/C17H12ClF2N3O2/c18-11-3-1-10(2-4-11)17-22-16(25-23-17)6-5-15(24)21-14-8-12(19)7-13(20)9-14/h1-4,7-9H,5-6H2,(H,21,24). The van der Waals surface area contributed by atoms with E-state index in [2.05, 4.69) is 15.5 Å². The van der Waals surface area contributed by atoms with Crippen molar-refractivity contribution in [1.82, 2.24) is 10.1 Å². The largest absolute Gasteiger partial charge is 0.339 e. The van der Waals surface area contributed by atoms with Gasteiger partial charge in [-0.25, -0.2) is 8.78 Å². The van der Waals surface area contributed by atoms with Crippen LogP contribution in [0.15, 0.2) is 47.0 Å². The summed E-state index contributed by atoms with van der Waals surface area (Å²) in [5, 5.41) is 6.85. The van der Waals surface area contributed by atoms with Gasteiger partial charge in [0, 0.05) is 35.2 Å². The van der Waals surface area contributed by atoms with Gasteiger partial charge in [0.1, 0.15) is 11.6 Å². The first kappa shape index (κ1) is 17.0. The van der Waals surface area contributed by atoms with Gasteiger partial charge < -0.3 is 9.84 Å². The second kappa shape index (κ2) is 7.40. The van der Waals surface area contributed by atoms with Crippen molar-refractivity contribution in [2.24, 2.45) is 0 Å². The van der Waals surface area contributed by atoms with Crippen molar-refractivity contribution >= 4 is 23.2 Å². The lowest BCUT2D eigenvalue weighted by Crippen LogP contribution is -2.12. The minimum absolute atomic E-state index is 0.0282. The number of amides is 1. The van der Waals surface area contributed by atoms with E-state index in [1.54, 1.807) is 24.3 Å². The number of aryl methyl sites for hydroxylation is 1. The Bertz CT molecular complexity index is 877. The first-order valence-electron chi connectivity index (χ1n) is 7.34. The molecule has 0 aliphatic rings. The lowest BCUT2D eigenvalue weighted by Gasteiger charge is -2.04. The molecule has 25 heavy (non-hydrogen) atoms. The maximum absolute atomic E-state index is 13.1. The zero-order chi connectivity index (χ0) is 17.8. The molecule has 1 heterocycles. The number of halogens is 3. The van der Waals surface area contributed by atoms with Gasteiger partial charge in [0.15, 0.2) is 0 Å². The number of carbonyl (C=O) groups excluding carboxylic acids is 1. The lowest BCUT2D eigenvalue weighted by molar-refractivity contribution is -0.116. The van der Waals surface area contributed by atoms with E-state index in [9.17, 15) is 13.6 Å². The number of nitrogens with one attached hydrogen (secondary N) is 1. The maximum atomic E-state index is 13.1. The summed E-state index contributed by atoms with van der Waals surface area (Å²) in [5.41, 5.74) is 0.786. The molecule has 0 atom stereocenters. The van der Waals surface area contributed by atoms with Crippen LogP contribution in [0, 0.1) is 11.6 Å². The summed E-state index contributed by atoms with van der Waals surface area (Å²) in [6, 6.07) is 9.71. The molecule has 0 saturated heterocycles. The first-order valence-corrected chi connectivity index (χ1v) is 7.72. The molecule has 3 rings (SSSR count). The molecule has 0 aliphatic carbocycles. The highest BCUT2D eigenvalue weighted by atomic mass is 35.5. The molecule has 5 nitrogen and oxygen atoms in total. The number of rotatable bonds is 5. The summed E-state index contributed by atoms with van der Waals surface area (Å²) in [6.07, 6.45) is 0.227. The van der Waals surface area contributed by atoms with Crippen molar-refractivity contribution in [3.63, 3.8) is 0 Å². The second-order valence-electron chi connectivity index (χ2n) is 5.22. The van der Waals surface area contributed by atoms with E-state index in [4.69, 9.17) is 16.1 Å². The molecule has 8 heteroatoms. The molecule has 1 aromatic heterocycles. The van der Waals surface area contributed by atoms with Gasteiger partial charge in [-0.15, -0.1) is 0 Å². The van der Waals surface area contributed by atoms with Gasteiger partial charge in [-0.3, -0.25) is 4.79 Å². The van der Waals surface area contributed by atoms with Crippen LogP contribution in [0.4, 0.5) is 14.5 Å². The van der Waals surface area contributed by atoms with E-state index in [0.29, 0.717) is 10.8 Å². The first-order chi connectivity index (χ1) is 12.0. The van der Waals surface area contributed by atoms with E-state index in [1.807, 2.05) is 0 Å². The van der Waals surface area contributed by atoms with E-state index in [1.165, 1.54) is 0 Å². The van der Waals surface area contributed by atoms with Crippen molar-refractivity contribution in [2.75, 3.05) is 5.32 Å². The van der Waals surface area contributed by atoms with Crippen molar-refractivity contribution in [3.05, 3.63) is 65.0 Å². The highest BCUT2D eigenvalue weighted by molar-refractivity contribution is 6.30. The molecule has 0 fully saturated rings. The Morgan fingerprint density at radius 2 is 1.80 bits per heavy atom. The van der Waals surface area contributed by atoms with E-state index in [-0.39, 0.29) is 24.4 Å². The highest BCUT2D eigenvalue weighted by Crippen LogP contribution is 2.19. The topological polar surface area (TPSA) is 68.0 Å². The summed E-state index contributed by atoms with van der Waals surface area (Å²) in [6.45, 7) is 0. The molecule has 2 aromatic carbocycles. The summed E-state index contributed by atoms with van der Waals surface area (Å²) in [4.78, 5) is 16.1. The van der Waals surface area contributed by atoms with Crippen LogP contribution in [0.3, 0.4) is 0 Å². The molecule has 128 valence electrons. The molecular weight excluding hydrogens is 352 g/mol. The van der Waals surface area contributed by atoms with Crippen LogP contribution in [0.2, 0.25) is 5.02 Å². The van der Waals surface area contributed by atoms with Gasteiger partial charge in [-0.2, -0.15) is 4.98 Å². The van der Waals surface area contributed by atoms with Gasteiger partial charge in [0.2, 0.25) is 17.6 Å². The fourth-order valence-electron chi connectivity index (χ4n) is 2.14. The number of carbonyl (C=O) groups is 1. The van der Waals surface area contributed by atoms with Gasteiger partial charge >= 0.3 is 0 Å². The molecule has 0 unspecified atom stereocenters. The average Bonchev–Trinajstić information content (AvgIpc) is 3.01. The molecule has 0 saturated carbocycles.